The van der Waals surface area contributed by atoms with E-state index in [0.717, 1.165) is 17.7 Å². The number of amides is 1. The van der Waals surface area contributed by atoms with Gasteiger partial charge >= 0.3 is 5.97 Å². The number of hydrogen-bond donors (Lipinski definition) is 1. The lowest BCUT2D eigenvalue weighted by Gasteiger charge is -2.20. The first-order valence-electron chi connectivity index (χ1n) is 6.46. The first-order chi connectivity index (χ1) is 9.56. The van der Waals surface area contributed by atoms with Gasteiger partial charge in [0.15, 0.2) is 0 Å². The van der Waals surface area contributed by atoms with Gasteiger partial charge in [0, 0.05) is 28.1 Å². The molecule has 2 rings (SSSR count). The number of carboxylic acid groups (broad SMARTS) is 1. The molecule has 0 spiro atoms. The normalized spacial score (nSPS) is 14.1. The summed E-state index contributed by atoms with van der Waals surface area (Å²) in [5, 5.41) is 9.51. The minimum Gasteiger partial charge on any atom is -0.480 e. The average molecular weight is 314 g/mol. The molecule has 1 aromatic carbocycles. The summed E-state index contributed by atoms with van der Waals surface area (Å²) >= 11 is 7.37. The van der Waals surface area contributed by atoms with Gasteiger partial charge in [-0.25, -0.2) is 0 Å². The first kappa shape index (κ1) is 15.2. The third kappa shape index (κ3) is 4.72. The van der Waals surface area contributed by atoms with Crippen molar-refractivity contribution in [1.29, 1.82) is 0 Å². The molecule has 4 nitrogen and oxygen atoms in total. The molecule has 0 unspecified atom stereocenters. The molecule has 1 N–H and O–H groups in total. The van der Waals surface area contributed by atoms with E-state index in [0.29, 0.717) is 17.2 Å². The molecule has 1 saturated carbocycles. The van der Waals surface area contributed by atoms with Crippen LogP contribution in [0, 0.1) is 0 Å². The largest absolute Gasteiger partial charge is 0.480 e. The number of hydrogen-bond acceptors (Lipinski definition) is 3. The fourth-order valence-electron chi connectivity index (χ4n) is 1.88. The molecule has 6 heteroatoms. The van der Waals surface area contributed by atoms with E-state index in [1.54, 1.807) is 11.8 Å². The Morgan fingerprint density at radius 1 is 1.30 bits per heavy atom. The summed E-state index contributed by atoms with van der Waals surface area (Å²) in [6.07, 6.45) is 2.20. The van der Waals surface area contributed by atoms with Crippen LogP contribution in [0.25, 0.3) is 0 Å². The van der Waals surface area contributed by atoms with Gasteiger partial charge in [-0.15, -0.1) is 11.8 Å². The van der Waals surface area contributed by atoms with Crippen LogP contribution in [0.4, 0.5) is 0 Å². The van der Waals surface area contributed by atoms with Crippen molar-refractivity contribution in [1.82, 2.24) is 4.90 Å². The van der Waals surface area contributed by atoms with Crippen molar-refractivity contribution >= 4 is 35.2 Å². The molecule has 0 bridgehead atoms. The topological polar surface area (TPSA) is 57.6 Å². The molecular weight excluding hydrogens is 298 g/mol. The second-order valence-electron chi connectivity index (χ2n) is 4.70. The van der Waals surface area contributed by atoms with Crippen molar-refractivity contribution in [3.63, 3.8) is 0 Å². The van der Waals surface area contributed by atoms with Gasteiger partial charge in [-0.2, -0.15) is 0 Å². The zero-order chi connectivity index (χ0) is 14.5. The van der Waals surface area contributed by atoms with E-state index in [-0.39, 0.29) is 18.5 Å². The maximum absolute atomic E-state index is 12.0. The van der Waals surface area contributed by atoms with Gasteiger partial charge in [0.1, 0.15) is 6.54 Å². The summed E-state index contributed by atoms with van der Waals surface area (Å²) in [6, 6.07) is 7.58. The van der Waals surface area contributed by atoms with Crippen LogP contribution in [-0.2, 0) is 9.59 Å². The van der Waals surface area contributed by atoms with Crippen LogP contribution in [0.2, 0.25) is 5.02 Å². The number of halogens is 1. The highest BCUT2D eigenvalue weighted by Crippen LogP contribution is 2.28. The number of thioether (sulfide) groups is 1. The highest BCUT2D eigenvalue weighted by atomic mass is 35.5. The lowest BCUT2D eigenvalue weighted by molar-refractivity contribution is -0.144. The molecule has 20 heavy (non-hydrogen) atoms. The Labute approximate surface area is 127 Å². The zero-order valence-electron chi connectivity index (χ0n) is 10.9. The van der Waals surface area contributed by atoms with Gasteiger partial charge in [-0.3, -0.25) is 9.59 Å². The standard InChI is InChI=1S/C14H16ClNO3S/c15-10-1-5-12(6-2-10)20-8-7-13(17)16(9-14(18)19)11-3-4-11/h1-2,5-6,11H,3-4,7-9H2,(H,18,19). The third-order valence-electron chi connectivity index (χ3n) is 3.01. The van der Waals surface area contributed by atoms with Crippen molar-refractivity contribution in [2.24, 2.45) is 0 Å². The fraction of sp³-hybridized carbons (Fsp3) is 0.429. The van der Waals surface area contributed by atoms with Crippen LogP contribution in [-0.4, -0.2) is 40.2 Å². The molecule has 1 aromatic rings. The van der Waals surface area contributed by atoms with Crippen molar-refractivity contribution in [3.05, 3.63) is 29.3 Å². The average Bonchev–Trinajstić information content (AvgIpc) is 3.22. The van der Waals surface area contributed by atoms with Gasteiger partial charge in [0.05, 0.1) is 0 Å². The van der Waals surface area contributed by atoms with E-state index in [2.05, 4.69) is 0 Å². The SMILES string of the molecule is O=C(O)CN(C(=O)CCSc1ccc(Cl)cc1)C1CC1. The number of nitrogens with zero attached hydrogens (tertiary/aromatic N) is 1. The molecule has 1 amide bonds. The second kappa shape index (κ2) is 6.99. The quantitative estimate of drug-likeness (QED) is 0.786. The van der Waals surface area contributed by atoms with Crippen molar-refractivity contribution < 1.29 is 14.7 Å². The number of carboxylic acids is 1. The Bertz CT molecular complexity index is 488. The Hall–Kier alpha value is -1.20. The predicted molar refractivity (Wildman–Crippen MR) is 79.2 cm³/mol. The summed E-state index contributed by atoms with van der Waals surface area (Å²) in [4.78, 5) is 25.3. The lowest BCUT2D eigenvalue weighted by atomic mass is 10.3. The van der Waals surface area contributed by atoms with Crippen LogP contribution in [0.3, 0.4) is 0 Å². The molecule has 108 valence electrons. The molecule has 1 aliphatic carbocycles. The van der Waals surface area contributed by atoms with Crippen LogP contribution >= 0.6 is 23.4 Å². The Morgan fingerprint density at radius 3 is 2.50 bits per heavy atom. The molecule has 0 radical (unpaired) electrons. The monoisotopic (exact) mass is 313 g/mol. The number of rotatable bonds is 7. The smallest absolute Gasteiger partial charge is 0.323 e. The Kier molecular flexibility index (Phi) is 5.31. The fourth-order valence-corrected chi connectivity index (χ4v) is 2.85. The van der Waals surface area contributed by atoms with Crippen molar-refractivity contribution in [2.75, 3.05) is 12.3 Å². The molecular formula is C14H16ClNO3S. The predicted octanol–water partition coefficient (Wildman–Crippen LogP) is 2.90. The lowest BCUT2D eigenvalue weighted by Crippen LogP contribution is -2.37. The van der Waals surface area contributed by atoms with Crippen molar-refractivity contribution in [3.8, 4) is 0 Å². The number of carbonyl (C=O) groups is 2. The van der Waals surface area contributed by atoms with Crippen LogP contribution < -0.4 is 0 Å². The van der Waals surface area contributed by atoms with Crippen LogP contribution in [0.15, 0.2) is 29.2 Å². The molecule has 0 heterocycles. The van der Waals surface area contributed by atoms with E-state index in [4.69, 9.17) is 16.7 Å². The van der Waals surface area contributed by atoms with Gasteiger partial charge < -0.3 is 10.0 Å². The van der Waals surface area contributed by atoms with Gasteiger partial charge in [0.2, 0.25) is 5.91 Å². The minimum atomic E-state index is -0.949. The van der Waals surface area contributed by atoms with Crippen LogP contribution in [0.5, 0.6) is 0 Å². The summed E-state index contributed by atoms with van der Waals surface area (Å²) in [5.41, 5.74) is 0. The number of carbonyl (C=O) groups excluding carboxylic acids is 1. The Morgan fingerprint density at radius 2 is 1.95 bits per heavy atom. The zero-order valence-corrected chi connectivity index (χ0v) is 12.5. The number of aliphatic carboxylic acids is 1. The highest BCUT2D eigenvalue weighted by molar-refractivity contribution is 7.99. The van der Waals surface area contributed by atoms with Gasteiger partial charge in [-0.1, -0.05) is 11.6 Å². The van der Waals surface area contributed by atoms with Crippen LogP contribution in [0.1, 0.15) is 19.3 Å². The summed E-state index contributed by atoms with van der Waals surface area (Å²) in [7, 11) is 0. The van der Waals surface area contributed by atoms with E-state index in [1.165, 1.54) is 4.90 Å². The molecule has 0 saturated heterocycles. The number of benzene rings is 1. The summed E-state index contributed by atoms with van der Waals surface area (Å²) < 4.78 is 0. The van der Waals surface area contributed by atoms with Gasteiger partial charge in [-0.05, 0) is 37.1 Å². The highest BCUT2D eigenvalue weighted by Gasteiger charge is 2.33. The Balaban J connectivity index is 1.78. The molecule has 1 aliphatic rings. The molecule has 0 aromatic heterocycles. The molecule has 0 atom stereocenters. The maximum Gasteiger partial charge on any atom is 0.323 e. The van der Waals surface area contributed by atoms with E-state index in [1.807, 2.05) is 24.3 Å². The second-order valence-corrected chi connectivity index (χ2v) is 6.30. The third-order valence-corrected chi connectivity index (χ3v) is 4.28. The van der Waals surface area contributed by atoms with E-state index in [9.17, 15) is 9.59 Å². The maximum atomic E-state index is 12.0. The van der Waals surface area contributed by atoms with E-state index < -0.39 is 5.97 Å². The first-order valence-corrected chi connectivity index (χ1v) is 7.82. The van der Waals surface area contributed by atoms with E-state index >= 15 is 0 Å². The van der Waals surface area contributed by atoms with Gasteiger partial charge in [0.25, 0.3) is 0 Å². The van der Waals surface area contributed by atoms with Crippen molar-refractivity contribution in [2.45, 2.75) is 30.2 Å². The minimum absolute atomic E-state index is 0.0728. The summed E-state index contributed by atoms with van der Waals surface area (Å²) in [6.45, 7) is -0.185. The summed E-state index contributed by atoms with van der Waals surface area (Å²) in [5.74, 6) is -0.379. The molecule has 1 fully saturated rings. The molecule has 0 aliphatic heterocycles.